The van der Waals surface area contributed by atoms with Crippen molar-refractivity contribution in [2.24, 2.45) is 11.8 Å². The summed E-state index contributed by atoms with van der Waals surface area (Å²) in [5.74, 6) is -3.68. The Morgan fingerprint density at radius 2 is 1.88 bits per heavy atom. The summed E-state index contributed by atoms with van der Waals surface area (Å²) in [5.41, 5.74) is 0.132. The Hall–Kier alpha value is -1.42. The minimum absolute atomic E-state index is 0.0690. The van der Waals surface area contributed by atoms with Crippen molar-refractivity contribution in [2.45, 2.75) is 13.8 Å². The lowest BCUT2D eigenvalue weighted by atomic mass is 9.88. The van der Waals surface area contributed by atoms with E-state index in [0.717, 1.165) is 6.07 Å². The van der Waals surface area contributed by atoms with Crippen LogP contribution in [-0.4, -0.2) is 16.9 Å². The van der Waals surface area contributed by atoms with Gasteiger partial charge in [0.2, 0.25) is 0 Å². The van der Waals surface area contributed by atoms with Gasteiger partial charge in [0.15, 0.2) is 5.78 Å². The van der Waals surface area contributed by atoms with E-state index in [4.69, 9.17) is 16.7 Å². The maximum atomic E-state index is 13.2. The fraction of sp³-hybridized carbons (Fsp3) is 0.333. The summed E-state index contributed by atoms with van der Waals surface area (Å²) >= 11 is 5.50. The van der Waals surface area contributed by atoms with Crippen molar-refractivity contribution in [3.63, 3.8) is 0 Å². The van der Waals surface area contributed by atoms with Crippen LogP contribution in [0.4, 0.5) is 4.39 Å². The van der Waals surface area contributed by atoms with Gasteiger partial charge in [-0.2, -0.15) is 0 Å². The third-order valence-corrected chi connectivity index (χ3v) is 3.06. The van der Waals surface area contributed by atoms with Crippen LogP contribution in [0.15, 0.2) is 18.2 Å². The Balaban J connectivity index is 2.96. The molecule has 2 atom stereocenters. The number of halogens is 2. The minimum atomic E-state index is -1.06. The number of hydrogen-bond acceptors (Lipinski definition) is 2. The highest BCUT2D eigenvalue weighted by atomic mass is 35.5. The monoisotopic (exact) mass is 258 g/mol. The predicted octanol–water partition coefficient (Wildman–Crippen LogP) is 3.02. The van der Waals surface area contributed by atoms with Gasteiger partial charge >= 0.3 is 5.97 Å². The van der Waals surface area contributed by atoms with Crippen LogP contribution in [0.3, 0.4) is 0 Å². The van der Waals surface area contributed by atoms with E-state index in [2.05, 4.69) is 0 Å². The smallest absolute Gasteiger partial charge is 0.306 e. The second-order valence-corrected chi connectivity index (χ2v) is 4.32. The molecule has 0 aromatic heterocycles. The van der Waals surface area contributed by atoms with Crippen LogP contribution in [0.1, 0.15) is 24.2 Å². The zero-order valence-corrected chi connectivity index (χ0v) is 10.2. The first-order valence-electron chi connectivity index (χ1n) is 5.06. The maximum absolute atomic E-state index is 13.2. The van der Waals surface area contributed by atoms with Gasteiger partial charge in [-0.3, -0.25) is 9.59 Å². The van der Waals surface area contributed by atoms with Crippen molar-refractivity contribution in [3.05, 3.63) is 34.6 Å². The molecule has 2 unspecified atom stereocenters. The molecule has 3 nitrogen and oxygen atoms in total. The largest absolute Gasteiger partial charge is 0.481 e. The number of benzene rings is 1. The van der Waals surface area contributed by atoms with E-state index in [1.54, 1.807) is 0 Å². The summed E-state index contributed by atoms with van der Waals surface area (Å²) in [6.45, 7) is 2.95. The predicted molar refractivity (Wildman–Crippen MR) is 61.7 cm³/mol. The summed E-state index contributed by atoms with van der Waals surface area (Å²) in [7, 11) is 0. The number of Topliss-reactive ketones (excluding diaryl/α,β-unsaturated/α-hetero) is 1. The summed E-state index contributed by atoms with van der Waals surface area (Å²) in [6, 6.07) is 3.69. The van der Waals surface area contributed by atoms with Crippen LogP contribution in [0.2, 0.25) is 5.02 Å². The summed E-state index contributed by atoms with van der Waals surface area (Å²) in [5, 5.41) is 8.73. The van der Waals surface area contributed by atoms with Crippen LogP contribution in [0.5, 0.6) is 0 Å². The molecule has 0 aliphatic rings. The number of carbonyl (C=O) groups is 2. The van der Waals surface area contributed by atoms with E-state index < -0.39 is 29.4 Å². The van der Waals surface area contributed by atoms with Crippen LogP contribution < -0.4 is 0 Å². The van der Waals surface area contributed by atoms with Gasteiger partial charge in [0.25, 0.3) is 0 Å². The molecule has 0 radical (unpaired) electrons. The first-order valence-corrected chi connectivity index (χ1v) is 5.44. The third kappa shape index (κ3) is 3.03. The number of carboxylic acids is 1. The van der Waals surface area contributed by atoms with E-state index in [1.165, 1.54) is 26.0 Å². The Morgan fingerprint density at radius 1 is 1.29 bits per heavy atom. The highest BCUT2D eigenvalue weighted by Gasteiger charge is 2.26. The molecule has 0 aliphatic heterocycles. The quantitative estimate of drug-likeness (QED) is 0.845. The molecular formula is C12H12ClFO3. The van der Waals surface area contributed by atoms with Gasteiger partial charge in [-0.25, -0.2) is 4.39 Å². The average Bonchev–Trinajstić information content (AvgIpc) is 2.29. The second-order valence-electron chi connectivity index (χ2n) is 3.91. The van der Waals surface area contributed by atoms with Crippen molar-refractivity contribution in [2.75, 3.05) is 0 Å². The topological polar surface area (TPSA) is 54.4 Å². The van der Waals surface area contributed by atoms with E-state index >= 15 is 0 Å². The average molecular weight is 259 g/mol. The molecule has 0 heterocycles. The molecule has 0 saturated carbocycles. The van der Waals surface area contributed by atoms with Gasteiger partial charge in [-0.1, -0.05) is 25.4 Å². The Morgan fingerprint density at radius 3 is 2.35 bits per heavy atom. The molecule has 1 aromatic rings. The third-order valence-electron chi connectivity index (χ3n) is 2.76. The number of ketones is 1. The van der Waals surface area contributed by atoms with E-state index in [1.807, 2.05) is 0 Å². The molecule has 0 amide bonds. The lowest BCUT2D eigenvalue weighted by Gasteiger charge is -2.14. The fourth-order valence-corrected chi connectivity index (χ4v) is 1.47. The van der Waals surface area contributed by atoms with E-state index in [9.17, 15) is 14.0 Å². The Kier molecular flexibility index (Phi) is 4.23. The number of hydrogen-bond donors (Lipinski definition) is 1. The lowest BCUT2D eigenvalue weighted by molar-refractivity contribution is -0.142. The van der Waals surface area contributed by atoms with Crippen LogP contribution in [0.25, 0.3) is 0 Å². The van der Waals surface area contributed by atoms with Gasteiger partial charge in [0.1, 0.15) is 5.82 Å². The molecule has 0 fully saturated rings. The van der Waals surface area contributed by atoms with Crippen molar-refractivity contribution >= 4 is 23.4 Å². The number of rotatable bonds is 4. The lowest BCUT2D eigenvalue weighted by Crippen LogP contribution is -2.25. The number of aliphatic carboxylic acids is 1. The standard InChI is InChI=1S/C12H12ClFO3/c1-6(7(2)12(16)17)11(15)8-3-4-9(13)10(14)5-8/h3-7H,1-2H3,(H,16,17). The van der Waals surface area contributed by atoms with Crippen LogP contribution >= 0.6 is 11.6 Å². The van der Waals surface area contributed by atoms with Crippen LogP contribution in [-0.2, 0) is 4.79 Å². The second kappa shape index (κ2) is 5.27. The van der Waals surface area contributed by atoms with Gasteiger partial charge in [-0.05, 0) is 18.2 Å². The van der Waals surface area contributed by atoms with Crippen molar-refractivity contribution in [1.82, 2.24) is 0 Å². The maximum Gasteiger partial charge on any atom is 0.306 e. The fourth-order valence-electron chi connectivity index (χ4n) is 1.35. The molecule has 1 aromatic carbocycles. The summed E-state index contributed by atoms with van der Waals surface area (Å²) in [6.07, 6.45) is 0. The van der Waals surface area contributed by atoms with Gasteiger partial charge in [-0.15, -0.1) is 0 Å². The molecule has 1 N–H and O–H groups in total. The van der Waals surface area contributed by atoms with Crippen molar-refractivity contribution in [3.8, 4) is 0 Å². The van der Waals surface area contributed by atoms with Crippen LogP contribution in [0, 0.1) is 17.7 Å². The molecule has 0 bridgehead atoms. The normalized spacial score (nSPS) is 14.1. The summed E-state index contributed by atoms with van der Waals surface area (Å²) in [4.78, 5) is 22.6. The molecule has 17 heavy (non-hydrogen) atoms. The molecule has 0 aliphatic carbocycles. The van der Waals surface area contributed by atoms with Crippen molar-refractivity contribution < 1.29 is 19.1 Å². The SMILES string of the molecule is CC(C(=O)O)C(C)C(=O)c1ccc(Cl)c(F)c1. The zero-order valence-electron chi connectivity index (χ0n) is 9.41. The van der Waals surface area contributed by atoms with Gasteiger partial charge in [0.05, 0.1) is 10.9 Å². The first kappa shape index (κ1) is 13.6. The number of carboxylic acid groups (broad SMARTS) is 1. The Bertz CT molecular complexity index is 459. The molecule has 5 heteroatoms. The molecule has 0 spiro atoms. The van der Waals surface area contributed by atoms with E-state index in [-0.39, 0.29) is 10.6 Å². The molecular weight excluding hydrogens is 247 g/mol. The molecule has 92 valence electrons. The number of carbonyl (C=O) groups excluding carboxylic acids is 1. The van der Waals surface area contributed by atoms with E-state index in [0.29, 0.717) is 0 Å². The van der Waals surface area contributed by atoms with Gasteiger partial charge in [0, 0.05) is 11.5 Å². The molecule has 1 rings (SSSR count). The highest BCUT2D eigenvalue weighted by Crippen LogP contribution is 2.21. The molecule has 0 saturated heterocycles. The van der Waals surface area contributed by atoms with Crippen molar-refractivity contribution in [1.29, 1.82) is 0 Å². The Labute approximate surface area is 103 Å². The first-order chi connectivity index (χ1) is 7.84. The summed E-state index contributed by atoms with van der Waals surface area (Å²) < 4.78 is 13.2. The highest BCUT2D eigenvalue weighted by molar-refractivity contribution is 6.30. The minimum Gasteiger partial charge on any atom is -0.481 e. The zero-order chi connectivity index (χ0) is 13.2. The van der Waals surface area contributed by atoms with Gasteiger partial charge < -0.3 is 5.11 Å².